The fourth-order valence-electron chi connectivity index (χ4n) is 2.12. The van der Waals surface area contributed by atoms with Gasteiger partial charge >= 0.3 is 12.1 Å². The zero-order valence-electron chi connectivity index (χ0n) is 9.99. The lowest BCUT2D eigenvalue weighted by atomic mass is 9.86. The molecule has 2 rings (SSSR count). The van der Waals surface area contributed by atoms with E-state index in [1.165, 1.54) is 25.1 Å². The first kappa shape index (κ1) is 13.5. The zero-order chi connectivity index (χ0) is 14.3. The molecule has 1 aliphatic heterocycles. The number of para-hydroxylation sites is 1. The van der Waals surface area contributed by atoms with Crippen LogP contribution < -0.4 is 4.74 Å². The number of aliphatic carboxylic acids is 1. The van der Waals surface area contributed by atoms with Crippen molar-refractivity contribution in [2.75, 3.05) is 0 Å². The van der Waals surface area contributed by atoms with Gasteiger partial charge in [-0.2, -0.15) is 13.2 Å². The summed E-state index contributed by atoms with van der Waals surface area (Å²) in [6.45, 7) is 1.25. The van der Waals surface area contributed by atoms with E-state index in [2.05, 4.69) is 0 Å². The van der Waals surface area contributed by atoms with Crippen LogP contribution in [0.3, 0.4) is 0 Å². The van der Waals surface area contributed by atoms with Crippen LogP contribution in [0.5, 0.6) is 5.75 Å². The van der Waals surface area contributed by atoms with Gasteiger partial charge in [-0.15, -0.1) is 0 Å². The second kappa shape index (κ2) is 4.29. The van der Waals surface area contributed by atoms with Crippen LogP contribution in [0, 0.1) is 0 Å². The number of rotatable bonds is 2. The molecular formula is C13H11F3O3. The van der Waals surface area contributed by atoms with E-state index in [4.69, 9.17) is 9.84 Å². The molecule has 1 aromatic carbocycles. The molecule has 0 aromatic heterocycles. The summed E-state index contributed by atoms with van der Waals surface area (Å²) in [4.78, 5) is 11.1. The molecular weight excluding hydrogens is 261 g/mol. The van der Waals surface area contributed by atoms with E-state index < -0.39 is 29.7 Å². The normalized spacial score (nSPS) is 22.2. The predicted molar refractivity (Wildman–Crippen MR) is 61.8 cm³/mol. The topological polar surface area (TPSA) is 46.5 Å². The molecule has 0 radical (unpaired) electrons. The summed E-state index contributed by atoms with van der Waals surface area (Å²) in [5.41, 5.74) is -3.26. The molecule has 0 bridgehead atoms. The van der Waals surface area contributed by atoms with Crippen molar-refractivity contribution in [3.63, 3.8) is 0 Å². The van der Waals surface area contributed by atoms with Crippen LogP contribution in [0.25, 0.3) is 6.08 Å². The van der Waals surface area contributed by atoms with E-state index in [1.54, 1.807) is 6.07 Å². The van der Waals surface area contributed by atoms with Crippen LogP contribution in [-0.4, -0.2) is 22.9 Å². The molecule has 102 valence electrons. The number of benzene rings is 1. The van der Waals surface area contributed by atoms with Gasteiger partial charge in [-0.3, -0.25) is 0 Å². The van der Waals surface area contributed by atoms with Crippen molar-refractivity contribution >= 4 is 12.0 Å². The van der Waals surface area contributed by atoms with Crippen molar-refractivity contribution in [3.05, 3.63) is 35.4 Å². The van der Waals surface area contributed by atoms with Crippen LogP contribution in [0.2, 0.25) is 0 Å². The second-order valence-corrected chi connectivity index (χ2v) is 4.18. The smallest absolute Gasteiger partial charge is 0.432 e. The predicted octanol–water partition coefficient (Wildman–Crippen LogP) is 3.26. The molecule has 1 N–H and O–H groups in total. The van der Waals surface area contributed by atoms with Gasteiger partial charge in [0.05, 0.1) is 5.57 Å². The Hall–Kier alpha value is -1.98. The van der Waals surface area contributed by atoms with Crippen LogP contribution in [0.15, 0.2) is 29.8 Å². The highest BCUT2D eigenvalue weighted by Gasteiger charge is 2.61. The second-order valence-electron chi connectivity index (χ2n) is 4.18. The van der Waals surface area contributed by atoms with Gasteiger partial charge in [0.25, 0.3) is 0 Å². The van der Waals surface area contributed by atoms with Crippen LogP contribution in [-0.2, 0) is 4.79 Å². The molecule has 1 heterocycles. The fraction of sp³-hybridized carbons (Fsp3) is 0.308. The first-order chi connectivity index (χ1) is 8.82. The standard InChI is InChI=1S/C13H11F3O3/c1-2-12(13(14,15)16)9(11(17)18)7-8-5-3-4-6-10(8)19-12/h3-7H,2H2,1H3,(H,17,18). The first-order valence-corrected chi connectivity index (χ1v) is 5.62. The first-order valence-electron chi connectivity index (χ1n) is 5.62. The molecule has 1 atom stereocenters. The Labute approximate surface area is 107 Å². The molecule has 1 aliphatic rings. The Morgan fingerprint density at radius 3 is 2.53 bits per heavy atom. The van der Waals surface area contributed by atoms with Crippen molar-refractivity contribution in [2.24, 2.45) is 0 Å². The minimum atomic E-state index is -4.81. The van der Waals surface area contributed by atoms with E-state index in [0.717, 1.165) is 6.08 Å². The number of halogens is 3. The fourth-order valence-corrected chi connectivity index (χ4v) is 2.12. The van der Waals surface area contributed by atoms with Gasteiger partial charge in [0.1, 0.15) is 5.75 Å². The molecule has 3 nitrogen and oxygen atoms in total. The number of carbonyl (C=O) groups is 1. The SMILES string of the molecule is CCC1(C(F)(F)F)Oc2ccccc2C=C1C(=O)O. The van der Waals surface area contributed by atoms with Crippen LogP contribution >= 0.6 is 0 Å². The summed E-state index contributed by atoms with van der Waals surface area (Å²) in [5.74, 6) is -1.60. The van der Waals surface area contributed by atoms with E-state index in [1.807, 2.05) is 0 Å². The molecule has 0 fully saturated rings. The molecule has 0 aliphatic carbocycles. The summed E-state index contributed by atoms with van der Waals surface area (Å²) >= 11 is 0. The highest BCUT2D eigenvalue weighted by molar-refractivity contribution is 5.96. The summed E-state index contributed by atoms with van der Waals surface area (Å²) in [5, 5.41) is 9.05. The lowest BCUT2D eigenvalue weighted by molar-refractivity contribution is -0.236. The molecule has 0 saturated carbocycles. The van der Waals surface area contributed by atoms with Gasteiger partial charge in [0.2, 0.25) is 5.60 Å². The third-order valence-corrected chi connectivity index (χ3v) is 3.12. The lowest BCUT2D eigenvalue weighted by Crippen LogP contribution is -2.54. The number of ether oxygens (including phenoxy) is 1. The highest BCUT2D eigenvalue weighted by Crippen LogP contribution is 2.47. The molecule has 19 heavy (non-hydrogen) atoms. The van der Waals surface area contributed by atoms with Crippen molar-refractivity contribution in [1.82, 2.24) is 0 Å². The zero-order valence-corrected chi connectivity index (χ0v) is 9.99. The van der Waals surface area contributed by atoms with E-state index in [9.17, 15) is 18.0 Å². The van der Waals surface area contributed by atoms with E-state index >= 15 is 0 Å². The van der Waals surface area contributed by atoms with Crippen LogP contribution in [0.1, 0.15) is 18.9 Å². The minimum Gasteiger partial charge on any atom is -0.478 e. The Balaban J connectivity index is 2.67. The number of fused-ring (bicyclic) bond motifs is 1. The number of hydrogen-bond donors (Lipinski definition) is 1. The molecule has 0 spiro atoms. The molecule has 6 heteroatoms. The Bertz CT molecular complexity index is 548. The van der Waals surface area contributed by atoms with E-state index in [0.29, 0.717) is 5.56 Å². The quantitative estimate of drug-likeness (QED) is 0.898. The molecule has 1 unspecified atom stereocenters. The summed E-state index contributed by atoms with van der Waals surface area (Å²) in [7, 11) is 0. The molecule has 0 saturated heterocycles. The van der Waals surface area contributed by atoms with Gasteiger partial charge in [-0.05, 0) is 18.6 Å². The van der Waals surface area contributed by atoms with Gasteiger partial charge in [-0.25, -0.2) is 4.79 Å². The summed E-state index contributed by atoms with van der Waals surface area (Å²) < 4.78 is 44.8. The molecule has 1 aromatic rings. The lowest BCUT2D eigenvalue weighted by Gasteiger charge is -2.38. The van der Waals surface area contributed by atoms with Crippen LogP contribution in [0.4, 0.5) is 13.2 Å². The van der Waals surface area contributed by atoms with Gasteiger partial charge in [0, 0.05) is 5.56 Å². The third kappa shape index (κ3) is 1.97. The van der Waals surface area contributed by atoms with Gasteiger partial charge in [-0.1, -0.05) is 25.1 Å². The van der Waals surface area contributed by atoms with Gasteiger partial charge < -0.3 is 9.84 Å². The van der Waals surface area contributed by atoms with Crippen molar-refractivity contribution in [3.8, 4) is 5.75 Å². The van der Waals surface area contributed by atoms with E-state index in [-0.39, 0.29) is 5.75 Å². The average Bonchev–Trinajstić information content (AvgIpc) is 2.35. The maximum atomic E-state index is 13.3. The highest BCUT2D eigenvalue weighted by atomic mass is 19.4. The molecule has 0 amide bonds. The largest absolute Gasteiger partial charge is 0.478 e. The number of alkyl halides is 3. The number of carboxylic acid groups (broad SMARTS) is 1. The Morgan fingerprint density at radius 1 is 1.37 bits per heavy atom. The maximum absolute atomic E-state index is 13.3. The maximum Gasteiger partial charge on any atom is 0.432 e. The van der Waals surface area contributed by atoms with Crippen molar-refractivity contribution in [2.45, 2.75) is 25.1 Å². The number of carboxylic acids is 1. The summed E-state index contributed by atoms with van der Waals surface area (Å²) in [6, 6.07) is 6.04. The Morgan fingerprint density at radius 2 is 2.00 bits per heavy atom. The minimum absolute atomic E-state index is 0.0340. The average molecular weight is 272 g/mol. The van der Waals surface area contributed by atoms with Crippen molar-refractivity contribution < 1.29 is 27.8 Å². The Kier molecular flexibility index (Phi) is 3.04. The van der Waals surface area contributed by atoms with Crippen molar-refractivity contribution in [1.29, 1.82) is 0 Å². The number of hydrogen-bond acceptors (Lipinski definition) is 2. The monoisotopic (exact) mass is 272 g/mol. The van der Waals surface area contributed by atoms with Gasteiger partial charge in [0.15, 0.2) is 0 Å². The third-order valence-electron chi connectivity index (χ3n) is 3.12. The summed E-state index contributed by atoms with van der Waals surface area (Å²) in [6.07, 6.45) is -4.29.